The number of ether oxygens (including phenoxy) is 1. The standard InChI is InChI=1S/C6H12O4S/c7-1-3-5(8)6(9)4(2-11)10-3/h3-9,11H,1-2H2/t3-,4-,5-,6-/m1/s1. The number of aliphatic hydroxyl groups excluding tert-OH is 3. The van der Waals surface area contributed by atoms with Crippen molar-refractivity contribution in [2.75, 3.05) is 12.4 Å². The van der Waals surface area contributed by atoms with E-state index in [1.165, 1.54) is 0 Å². The fraction of sp³-hybridized carbons (Fsp3) is 1.00. The number of thiol groups is 1. The van der Waals surface area contributed by atoms with Crippen LogP contribution in [0.3, 0.4) is 0 Å². The molecule has 11 heavy (non-hydrogen) atoms. The van der Waals surface area contributed by atoms with Crippen LogP contribution in [0.25, 0.3) is 0 Å². The Balaban J connectivity index is 2.53. The maximum absolute atomic E-state index is 9.22. The predicted molar refractivity (Wildman–Crippen MR) is 41.6 cm³/mol. The molecule has 66 valence electrons. The van der Waals surface area contributed by atoms with Gasteiger partial charge in [0.2, 0.25) is 0 Å². The van der Waals surface area contributed by atoms with Crippen LogP contribution in [-0.4, -0.2) is 52.1 Å². The summed E-state index contributed by atoms with van der Waals surface area (Å²) in [5.74, 6) is 0.342. The second kappa shape index (κ2) is 3.73. The van der Waals surface area contributed by atoms with Gasteiger partial charge in [-0.25, -0.2) is 0 Å². The van der Waals surface area contributed by atoms with Crippen LogP contribution in [0.2, 0.25) is 0 Å². The lowest BCUT2D eigenvalue weighted by molar-refractivity contribution is -0.0161. The van der Waals surface area contributed by atoms with Gasteiger partial charge in [-0.05, 0) is 0 Å². The zero-order valence-electron chi connectivity index (χ0n) is 5.92. The Labute approximate surface area is 70.2 Å². The van der Waals surface area contributed by atoms with Crippen molar-refractivity contribution in [1.82, 2.24) is 0 Å². The molecule has 1 fully saturated rings. The van der Waals surface area contributed by atoms with E-state index in [4.69, 9.17) is 9.84 Å². The van der Waals surface area contributed by atoms with Gasteiger partial charge in [0.15, 0.2) is 0 Å². The zero-order valence-corrected chi connectivity index (χ0v) is 6.82. The molecule has 4 atom stereocenters. The summed E-state index contributed by atoms with van der Waals surface area (Å²) in [6.07, 6.45) is -3.05. The molecule has 0 spiro atoms. The highest BCUT2D eigenvalue weighted by molar-refractivity contribution is 7.80. The highest BCUT2D eigenvalue weighted by Crippen LogP contribution is 2.21. The van der Waals surface area contributed by atoms with E-state index in [1.54, 1.807) is 0 Å². The first-order valence-corrected chi connectivity index (χ1v) is 4.07. The molecule has 0 aliphatic carbocycles. The Kier molecular flexibility index (Phi) is 3.15. The molecule has 0 saturated carbocycles. The normalized spacial score (nSPS) is 44.7. The summed E-state index contributed by atoms with van der Waals surface area (Å²) in [5, 5.41) is 27.1. The fourth-order valence-electron chi connectivity index (χ4n) is 1.13. The molecule has 0 aromatic rings. The van der Waals surface area contributed by atoms with E-state index >= 15 is 0 Å². The maximum atomic E-state index is 9.22. The van der Waals surface area contributed by atoms with Gasteiger partial charge >= 0.3 is 0 Å². The second-order valence-corrected chi connectivity index (χ2v) is 2.92. The van der Waals surface area contributed by atoms with E-state index in [9.17, 15) is 10.2 Å². The van der Waals surface area contributed by atoms with Crippen molar-refractivity contribution in [3.05, 3.63) is 0 Å². The molecule has 0 bridgehead atoms. The third-order valence-electron chi connectivity index (χ3n) is 1.82. The number of hydrogen-bond donors (Lipinski definition) is 4. The number of rotatable bonds is 2. The van der Waals surface area contributed by atoms with Gasteiger partial charge in [-0.2, -0.15) is 12.6 Å². The van der Waals surface area contributed by atoms with Gasteiger partial charge in [0, 0.05) is 5.75 Å². The highest BCUT2D eigenvalue weighted by atomic mass is 32.1. The monoisotopic (exact) mass is 180 g/mol. The average Bonchev–Trinajstić information content (AvgIpc) is 2.30. The first-order chi connectivity index (χ1) is 5.20. The van der Waals surface area contributed by atoms with Crippen molar-refractivity contribution in [1.29, 1.82) is 0 Å². The number of hydrogen-bond acceptors (Lipinski definition) is 5. The first-order valence-electron chi connectivity index (χ1n) is 3.44. The summed E-state index contributed by atoms with van der Waals surface area (Å²) in [4.78, 5) is 0. The largest absolute Gasteiger partial charge is 0.394 e. The maximum Gasteiger partial charge on any atom is 0.111 e. The van der Waals surface area contributed by atoms with Crippen LogP contribution in [0.1, 0.15) is 0 Å². The predicted octanol–water partition coefficient (Wildman–Crippen LogP) is -1.60. The SMILES string of the molecule is OC[C@H]1O[C@H](CS)[C@@H](O)[C@@H]1O. The minimum Gasteiger partial charge on any atom is -0.394 e. The van der Waals surface area contributed by atoms with Crippen molar-refractivity contribution < 1.29 is 20.1 Å². The minimum absolute atomic E-state index is 0.275. The Morgan fingerprint density at radius 1 is 1.18 bits per heavy atom. The quantitative estimate of drug-likeness (QED) is 0.386. The lowest BCUT2D eigenvalue weighted by Crippen LogP contribution is -2.34. The summed E-state index contributed by atoms with van der Waals surface area (Å²) in [7, 11) is 0. The Morgan fingerprint density at radius 3 is 2.00 bits per heavy atom. The van der Waals surface area contributed by atoms with Gasteiger partial charge in [-0.15, -0.1) is 0 Å². The van der Waals surface area contributed by atoms with E-state index in [2.05, 4.69) is 12.6 Å². The average molecular weight is 180 g/mol. The van der Waals surface area contributed by atoms with Crippen molar-refractivity contribution in [3.8, 4) is 0 Å². The molecule has 1 aliphatic heterocycles. The third-order valence-corrected chi connectivity index (χ3v) is 2.18. The molecular weight excluding hydrogens is 168 g/mol. The molecule has 1 rings (SSSR count). The van der Waals surface area contributed by atoms with E-state index in [1.807, 2.05) is 0 Å². The molecule has 0 aromatic heterocycles. The lowest BCUT2D eigenvalue weighted by atomic mass is 10.1. The molecule has 0 radical (unpaired) electrons. The van der Waals surface area contributed by atoms with Crippen LogP contribution in [0.5, 0.6) is 0 Å². The molecule has 4 nitrogen and oxygen atoms in total. The van der Waals surface area contributed by atoms with E-state index in [0.29, 0.717) is 5.75 Å². The summed E-state index contributed by atoms with van der Waals surface area (Å²) in [5.41, 5.74) is 0. The van der Waals surface area contributed by atoms with Crippen LogP contribution in [-0.2, 0) is 4.74 Å². The van der Waals surface area contributed by atoms with Crippen molar-refractivity contribution in [2.45, 2.75) is 24.4 Å². The molecule has 5 heteroatoms. The highest BCUT2D eigenvalue weighted by Gasteiger charge is 2.41. The third kappa shape index (κ3) is 1.68. The van der Waals surface area contributed by atoms with Gasteiger partial charge < -0.3 is 20.1 Å². The van der Waals surface area contributed by atoms with E-state index in [0.717, 1.165) is 0 Å². The minimum atomic E-state index is -0.989. The van der Waals surface area contributed by atoms with Gasteiger partial charge in [0.25, 0.3) is 0 Å². The molecule has 3 N–H and O–H groups in total. The van der Waals surface area contributed by atoms with E-state index in [-0.39, 0.29) is 6.61 Å². The molecule has 0 unspecified atom stereocenters. The van der Waals surface area contributed by atoms with Gasteiger partial charge in [-0.3, -0.25) is 0 Å². The Morgan fingerprint density at radius 2 is 1.73 bits per heavy atom. The molecule has 0 aromatic carbocycles. The summed E-state index contributed by atoms with van der Waals surface area (Å²) < 4.78 is 5.06. The van der Waals surface area contributed by atoms with Crippen LogP contribution in [0.15, 0.2) is 0 Å². The van der Waals surface area contributed by atoms with Gasteiger partial charge in [0.1, 0.15) is 18.3 Å². The molecular formula is C6H12O4S. The molecule has 1 heterocycles. The fourth-order valence-corrected chi connectivity index (χ4v) is 1.43. The van der Waals surface area contributed by atoms with Crippen molar-refractivity contribution >= 4 is 12.6 Å². The van der Waals surface area contributed by atoms with Gasteiger partial charge in [-0.1, -0.05) is 0 Å². The number of aliphatic hydroxyl groups is 3. The summed E-state index contributed by atoms with van der Waals surface area (Å²) in [6, 6.07) is 0. The lowest BCUT2D eigenvalue weighted by Gasteiger charge is -2.10. The van der Waals surface area contributed by atoms with Crippen LogP contribution in [0, 0.1) is 0 Å². The molecule has 1 aliphatic rings. The summed E-state index contributed by atoms with van der Waals surface area (Å²) in [6.45, 7) is -0.275. The first kappa shape index (κ1) is 9.28. The van der Waals surface area contributed by atoms with Crippen LogP contribution in [0.4, 0.5) is 0 Å². The van der Waals surface area contributed by atoms with Crippen molar-refractivity contribution in [2.24, 2.45) is 0 Å². The topological polar surface area (TPSA) is 69.9 Å². The molecule has 1 saturated heterocycles. The van der Waals surface area contributed by atoms with Crippen LogP contribution < -0.4 is 0 Å². The zero-order chi connectivity index (χ0) is 8.43. The smallest absolute Gasteiger partial charge is 0.111 e. The summed E-state index contributed by atoms with van der Waals surface area (Å²) >= 11 is 3.92. The van der Waals surface area contributed by atoms with Crippen molar-refractivity contribution in [3.63, 3.8) is 0 Å². The Bertz CT molecular complexity index is 114. The van der Waals surface area contributed by atoms with Crippen LogP contribution >= 0.6 is 12.6 Å². The molecule has 0 amide bonds. The Hall–Kier alpha value is 0.190. The second-order valence-electron chi connectivity index (χ2n) is 2.56. The van der Waals surface area contributed by atoms with Gasteiger partial charge in [0.05, 0.1) is 12.7 Å². The van der Waals surface area contributed by atoms with E-state index < -0.39 is 24.4 Å².